The molecular formula is C15H28N2O3S. The summed E-state index contributed by atoms with van der Waals surface area (Å²) in [6.07, 6.45) is 4.69. The Morgan fingerprint density at radius 1 is 1.10 bits per heavy atom. The summed E-state index contributed by atoms with van der Waals surface area (Å²) in [5.41, 5.74) is 0. The molecule has 122 valence electrons. The van der Waals surface area contributed by atoms with Gasteiger partial charge in [0.15, 0.2) is 0 Å². The second kappa shape index (κ2) is 7.09. The third kappa shape index (κ3) is 4.19. The van der Waals surface area contributed by atoms with E-state index in [1.54, 1.807) is 11.2 Å². The predicted molar refractivity (Wildman–Crippen MR) is 83.4 cm³/mol. The number of hydrogen-bond acceptors (Lipinski definition) is 3. The van der Waals surface area contributed by atoms with E-state index in [2.05, 4.69) is 0 Å². The Bertz CT molecular complexity index is 456. The molecule has 2 saturated heterocycles. The molecule has 1 unspecified atom stereocenters. The van der Waals surface area contributed by atoms with E-state index in [1.165, 1.54) is 0 Å². The van der Waals surface area contributed by atoms with Crippen LogP contribution >= 0.6 is 0 Å². The first-order valence-corrected chi connectivity index (χ1v) is 9.78. The van der Waals surface area contributed by atoms with Crippen molar-refractivity contribution in [2.75, 3.05) is 31.9 Å². The molecular weight excluding hydrogens is 288 g/mol. The summed E-state index contributed by atoms with van der Waals surface area (Å²) >= 11 is 0. The molecule has 0 radical (unpaired) electrons. The SMILES string of the molecule is CCCCS(=O)(=O)N1CCC(C2CCN(C(C)=O)CC2)C1. The molecule has 1 amide bonds. The van der Waals surface area contributed by atoms with Crippen LogP contribution in [0.25, 0.3) is 0 Å². The first-order valence-electron chi connectivity index (χ1n) is 8.17. The van der Waals surface area contributed by atoms with Crippen molar-refractivity contribution in [3.05, 3.63) is 0 Å². The highest BCUT2D eigenvalue weighted by Crippen LogP contribution is 2.33. The molecule has 0 spiro atoms. The molecule has 0 aromatic carbocycles. The van der Waals surface area contributed by atoms with E-state index in [-0.39, 0.29) is 5.91 Å². The van der Waals surface area contributed by atoms with Gasteiger partial charge in [0.05, 0.1) is 5.75 Å². The summed E-state index contributed by atoms with van der Waals surface area (Å²) in [7, 11) is -3.05. The Balaban J connectivity index is 1.84. The zero-order valence-corrected chi connectivity index (χ0v) is 14.1. The summed E-state index contributed by atoms with van der Waals surface area (Å²) in [6, 6.07) is 0. The molecule has 0 aromatic heterocycles. The highest BCUT2D eigenvalue weighted by molar-refractivity contribution is 7.89. The molecule has 0 aliphatic carbocycles. The number of unbranched alkanes of at least 4 members (excludes halogenated alkanes) is 1. The zero-order chi connectivity index (χ0) is 15.5. The minimum absolute atomic E-state index is 0.156. The van der Waals surface area contributed by atoms with Crippen LogP contribution in [0.15, 0.2) is 0 Å². The van der Waals surface area contributed by atoms with Crippen molar-refractivity contribution < 1.29 is 13.2 Å². The van der Waals surface area contributed by atoms with Crippen molar-refractivity contribution in [3.63, 3.8) is 0 Å². The second-order valence-electron chi connectivity index (χ2n) is 6.42. The van der Waals surface area contributed by atoms with Crippen molar-refractivity contribution in [1.29, 1.82) is 0 Å². The van der Waals surface area contributed by atoms with Gasteiger partial charge in [-0.3, -0.25) is 4.79 Å². The third-order valence-corrected chi connectivity index (χ3v) is 6.91. The maximum atomic E-state index is 12.2. The average Bonchev–Trinajstić information content (AvgIpc) is 2.96. The molecule has 0 aromatic rings. The molecule has 0 bridgehead atoms. The Morgan fingerprint density at radius 2 is 1.71 bits per heavy atom. The summed E-state index contributed by atoms with van der Waals surface area (Å²) in [5, 5.41) is 0. The van der Waals surface area contributed by atoms with Gasteiger partial charge in [0.25, 0.3) is 0 Å². The number of piperidine rings is 1. The average molecular weight is 316 g/mol. The Labute approximate surface area is 128 Å². The van der Waals surface area contributed by atoms with E-state index in [9.17, 15) is 13.2 Å². The summed E-state index contributed by atoms with van der Waals surface area (Å²) < 4.78 is 26.2. The number of sulfonamides is 1. The van der Waals surface area contributed by atoms with Gasteiger partial charge in [-0.05, 0) is 37.5 Å². The van der Waals surface area contributed by atoms with Crippen molar-refractivity contribution >= 4 is 15.9 Å². The second-order valence-corrected chi connectivity index (χ2v) is 8.51. The van der Waals surface area contributed by atoms with Crippen LogP contribution in [-0.4, -0.2) is 55.5 Å². The number of amides is 1. The summed E-state index contributed by atoms with van der Waals surface area (Å²) in [5.74, 6) is 1.50. The highest BCUT2D eigenvalue weighted by atomic mass is 32.2. The van der Waals surface area contributed by atoms with Gasteiger partial charge in [-0.15, -0.1) is 0 Å². The largest absolute Gasteiger partial charge is 0.343 e. The summed E-state index contributed by atoms with van der Waals surface area (Å²) in [4.78, 5) is 13.3. The van der Waals surface area contributed by atoms with Gasteiger partial charge in [0.2, 0.25) is 15.9 Å². The standard InChI is InChI=1S/C15H28N2O3S/c1-3-4-11-21(19,20)17-10-7-15(12-17)14-5-8-16(9-6-14)13(2)18/h14-15H,3-12H2,1-2H3. The number of nitrogens with zero attached hydrogens (tertiary/aromatic N) is 2. The van der Waals surface area contributed by atoms with Gasteiger partial charge in [-0.2, -0.15) is 0 Å². The maximum Gasteiger partial charge on any atom is 0.219 e. The van der Waals surface area contributed by atoms with Crippen LogP contribution in [-0.2, 0) is 14.8 Å². The van der Waals surface area contributed by atoms with Gasteiger partial charge < -0.3 is 4.90 Å². The van der Waals surface area contributed by atoms with Crippen LogP contribution in [0.4, 0.5) is 0 Å². The van der Waals surface area contributed by atoms with Crippen molar-refractivity contribution in [1.82, 2.24) is 9.21 Å². The smallest absolute Gasteiger partial charge is 0.219 e. The van der Waals surface area contributed by atoms with Crippen molar-refractivity contribution in [2.24, 2.45) is 11.8 Å². The molecule has 2 aliphatic rings. The van der Waals surface area contributed by atoms with Gasteiger partial charge in [0, 0.05) is 33.1 Å². The Hall–Kier alpha value is -0.620. The molecule has 2 fully saturated rings. The monoisotopic (exact) mass is 316 g/mol. The minimum atomic E-state index is -3.05. The van der Waals surface area contributed by atoms with E-state index < -0.39 is 10.0 Å². The van der Waals surface area contributed by atoms with Crippen LogP contribution in [0, 0.1) is 11.8 Å². The lowest BCUT2D eigenvalue weighted by Crippen LogP contribution is -2.39. The molecule has 2 aliphatic heterocycles. The fourth-order valence-corrected chi connectivity index (χ4v) is 5.25. The quantitative estimate of drug-likeness (QED) is 0.775. The highest BCUT2D eigenvalue weighted by Gasteiger charge is 2.36. The fraction of sp³-hybridized carbons (Fsp3) is 0.933. The van der Waals surface area contributed by atoms with Gasteiger partial charge in [-0.1, -0.05) is 13.3 Å². The number of hydrogen-bond donors (Lipinski definition) is 0. The molecule has 21 heavy (non-hydrogen) atoms. The normalized spacial score (nSPS) is 25.4. The molecule has 0 saturated carbocycles. The molecule has 2 heterocycles. The Kier molecular flexibility index (Phi) is 5.66. The van der Waals surface area contributed by atoms with Crippen LogP contribution < -0.4 is 0 Å². The lowest BCUT2D eigenvalue weighted by Gasteiger charge is -2.34. The minimum Gasteiger partial charge on any atom is -0.343 e. The Morgan fingerprint density at radius 3 is 2.29 bits per heavy atom. The maximum absolute atomic E-state index is 12.2. The number of rotatable bonds is 5. The van der Waals surface area contributed by atoms with Crippen molar-refractivity contribution in [2.45, 2.75) is 46.0 Å². The lowest BCUT2D eigenvalue weighted by atomic mass is 9.84. The number of carbonyl (C=O) groups is 1. The molecule has 2 rings (SSSR count). The summed E-state index contributed by atoms with van der Waals surface area (Å²) in [6.45, 7) is 6.68. The molecule has 5 nitrogen and oxygen atoms in total. The lowest BCUT2D eigenvalue weighted by molar-refractivity contribution is -0.130. The van der Waals surface area contributed by atoms with E-state index in [0.29, 0.717) is 30.7 Å². The van der Waals surface area contributed by atoms with Crippen LogP contribution in [0.2, 0.25) is 0 Å². The van der Waals surface area contributed by atoms with E-state index in [0.717, 1.165) is 45.2 Å². The first-order chi connectivity index (χ1) is 9.94. The third-order valence-electron chi connectivity index (χ3n) is 4.99. The van der Waals surface area contributed by atoms with Gasteiger partial charge in [-0.25, -0.2) is 12.7 Å². The van der Waals surface area contributed by atoms with Gasteiger partial charge >= 0.3 is 0 Å². The van der Waals surface area contributed by atoms with E-state index in [4.69, 9.17) is 0 Å². The number of carbonyl (C=O) groups excluding carboxylic acids is 1. The van der Waals surface area contributed by atoms with Crippen LogP contribution in [0.3, 0.4) is 0 Å². The van der Waals surface area contributed by atoms with E-state index >= 15 is 0 Å². The zero-order valence-electron chi connectivity index (χ0n) is 13.3. The van der Waals surface area contributed by atoms with Crippen LogP contribution in [0.5, 0.6) is 0 Å². The number of likely N-dealkylation sites (tertiary alicyclic amines) is 1. The van der Waals surface area contributed by atoms with Gasteiger partial charge in [0.1, 0.15) is 0 Å². The van der Waals surface area contributed by atoms with Crippen LogP contribution in [0.1, 0.15) is 46.0 Å². The predicted octanol–water partition coefficient (Wildman–Crippen LogP) is 1.70. The van der Waals surface area contributed by atoms with Crippen molar-refractivity contribution in [3.8, 4) is 0 Å². The van der Waals surface area contributed by atoms with E-state index in [1.807, 2.05) is 11.8 Å². The fourth-order valence-electron chi connectivity index (χ4n) is 3.53. The first kappa shape index (κ1) is 16.7. The molecule has 6 heteroatoms. The molecule has 1 atom stereocenters. The topological polar surface area (TPSA) is 57.7 Å². The molecule has 0 N–H and O–H groups in total.